The van der Waals surface area contributed by atoms with Crippen molar-refractivity contribution in [1.29, 1.82) is 0 Å². The number of anilines is 2. The molecule has 3 heterocycles. The molecular formula is C14H22ClN5. The number of hydrogen-bond donors (Lipinski definition) is 0. The molecule has 6 heteroatoms. The zero-order valence-corrected chi connectivity index (χ0v) is 13.0. The Morgan fingerprint density at radius 2 is 1.55 bits per heavy atom. The van der Waals surface area contributed by atoms with E-state index in [9.17, 15) is 0 Å². The van der Waals surface area contributed by atoms with Crippen molar-refractivity contribution >= 4 is 23.5 Å². The number of hydrogen-bond acceptors (Lipinski definition) is 5. The van der Waals surface area contributed by atoms with Crippen LogP contribution in [-0.2, 0) is 0 Å². The summed E-state index contributed by atoms with van der Waals surface area (Å²) in [6.45, 7) is 8.66. The molecule has 3 rings (SSSR count). The molecule has 0 bridgehead atoms. The maximum Gasteiger partial charge on any atom is 0.231 e. The second-order valence-corrected chi connectivity index (χ2v) is 6.43. The van der Waals surface area contributed by atoms with Crippen molar-refractivity contribution in [1.82, 2.24) is 15.0 Å². The fourth-order valence-corrected chi connectivity index (χ4v) is 3.13. The lowest BCUT2D eigenvalue weighted by molar-refractivity contribution is 0.321. The summed E-state index contributed by atoms with van der Waals surface area (Å²) in [4.78, 5) is 17.7. The van der Waals surface area contributed by atoms with Crippen molar-refractivity contribution in [3.05, 3.63) is 5.28 Å². The third kappa shape index (κ3) is 2.82. The fraction of sp³-hybridized carbons (Fsp3) is 0.786. The second-order valence-electron chi connectivity index (χ2n) is 6.09. The molecule has 0 amide bonds. The highest BCUT2D eigenvalue weighted by Crippen LogP contribution is 2.27. The van der Waals surface area contributed by atoms with Crippen LogP contribution in [-0.4, -0.2) is 41.1 Å². The number of nitrogens with zero attached hydrogens (tertiary/aromatic N) is 5. The highest BCUT2D eigenvalue weighted by atomic mass is 35.5. The van der Waals surface area contributed by atoms with Crippen LogP contribution in [0.2, 0.25) is 5.28 Å². The predicted octanol–water partition coefficient (Wildman–Crippen LogP) is 2.61. The van der Waals surface area contributed by atoms with Crippen LogP contribution in [0.15, 0.2) is 0 Å². The van der Waals surface area contributed by atoms with Gasteiger partial charge in [-0.05, 0) is 42.7 Å². The third-order valence-electron chi connectivity index (χ3n) is 4.59. The van der Waals surface area contributed by atoms with E-state index in [1.54, 1.807) is 0 Å². The van der Waals surface area contributed by atoms with Crippen molar-refractivity contribution in [2.45, 2.75) is 33.1 Å². The van der Waals surface area contributed by atoms with E-state index in [1.165, 1.54) is 19.3 Å². The van der Waals surface area contributed by atoms with Crippen molar-refractivity contribution in [2.75, 3.05) is 36.0 Å². The molecule has 0 aromatic carbocycles. The second kappa shape index (κ2) is 5.72. The van der Waals surface area contributed by atoms with E-state index >= 15 is 0 Å². The maximum absolute atomic E-state index is 6.10. The molecule has 0 saturated carbocycles. The molecule has 2 unspecified atom stereocenters. The van der Waals surface area contributed by atoms with Crippen LogP contribution in [0.5, 0.6) is 0 Å². The first-order chi connectivity index (χ1) is 9.63. The zero-order valence-electron chi connectivity index (χ0n) is 12.2. The number of aromatic nitrogens is 3. The summed E-state index contributed by atoms with van der Waals surface area (Å²) in [5, 5.41) is 0.308. The summed E-state index contributed by atoms with van der Waals surface area (Å²) in [6.07, 6.45) is 3.59. The van der Waals surface area contributed by atoms with Gasteiger partial charge in [-0.2, -0.15) is 15.0 Å². The minimum atomic E-state index is 0.308. The van der Waals surface area contributed by atoms with E-state index < -0.39 is 0 Å². The van der Waals surface area contributed by atoms with Crippen LogP contribution in [0.4, 0.5) is 11.9 Å². The van der Waals surface area contributed by atoms with Gasteiger partial charge in [-0.1, -0.05) is 13.8 Å². The highest BCUT2D eigenvalue weighted by Gasteiger charge is 2.26. The molecule has 0 aliphatic carbocycles. The molecule has 0 N–H and O–H groups in total. The average Bonchev–Trinajstić information content (AvgIpc) is 2.95. The Kier molecular flexibility index (Phi) is 3.96. The van der Waals surface area contributed by atoms with Gasteiger partial charge in [-0.15, -0.1) is 0 Å². The van der Waals surface area contributed by atoms with E-state index in [1.807, 2.05) is 0 Å². The molecule has 2 atom stereocenters. The first kappa shape index (κ1) is 13.9. The Hall–Kier alpha value is -1.10. The van der Waals surface area contributed by atoms with Crippen molar-refractivity contribution in [2.24, 2.45) is 11.8 Å². The summed E-state index contributed by atoms with van der Waals surface area (Å²) in [7, 11) is 0. The van der Waals surface area contributed by atoms with E-state index in [0.29, 0.717) is 11.2 Å². The Labute approximate surface area is 125 Å². The van der Waals surface area contributed by atoms with Gasteiger partial charge < -0.3 is 9.80 Å². The molecule has 0 spiro atoms. The monoisotopic (exact) mass is 295 g/mol. The average molecular weight is 296 g/mol. The van der Waals surface area contributed by atoms with Crippen molar-refractivity contribution in [3.63, 3.8) is 0 Å². The van der Waals surface area contributed by atoms with Crippen LogP contribution in [0.1, 0.15) is 33.1 Å². The lowest BCUT2D eigenvalue weighted by Gasteiger charge is -2.35. The van der Waals surface area contributed by atoms with E-state index in [4.69, 9.17) is 11.6 Å². The molecule has 2 fully saturated rings. The Morgan fingerprint density at radius 1 is 0.900 bits per heavy atom. The quantitative estimate of drug-likeness (QED) is 0.839. The number of piperidine rings is 1. The van der Waals surface area contributed by atoms with Gasteiger partial charge in [0, 0.05) is 26.2 Å². The van der Waals surface area contributed by atoms with Gasteiger partial charge in [0.05, 0.1) is 0 Å². The summed E-state index contributed by atoms with van der Waals surface area (Å²) in [5.74, 6) is 2.91. The molecule has 1 aromatic heterocycles. The minimum absolute atomic E-state index is 0.308. The van der Waals surface area contributed by atoms with E-state index in [-0.39, 0.29) is 0 Å². The van der Waals surface area contributed by atoms with Gasteiger partial charge in [-0.3, -0.25) is 0 Å². The summed E-state index contributed by atoms with van der Waals surface area (Å²) >= 11 is 6.10. The number of halogens is 1. The van der Waals surface area contributed by atoms with Gasteiger partial charge in [0.25, 0.3) is 0 Å². The summed E-state index contributed by atoms with van der Waals surface area (Å²) in [5.41, 5.74) is 0. The largest absolute Gasteiger partial charge is 0.341 e. The Bertz CT molecular complexity index is 475. The van der Waals surface area contributed by atoms with Gasteiger partial charge in [-0.25, -0.2) is 0 Å². The molecule has 2 aliphatic heterocycles. The van der Waals surface area contributed by atoms with E-state index in [0.717, 1.165) is 44.0 Å². The van der Waals surface area contributed by atoms with E-state index in [2.05, 4.69) is 38.6 Å². The Morgan fingerprint density at radius 3 is 2.20 bits per heavy atom. The van der Waals surface area contributed by atoms with Crippen LogP contribution in [0, 0.1) is 11.8 Å². The van der Waals surface area contributed by atoms with Crippen LogP contribution in [0.3, 0.4) is 0 Å². The molecule has 5 nitrogen and oxygen atoms in total. The van der Waals surface area contributed by atoms with Gasteiger partial charge >= 0.3 is 0 Å². The lowest BCUT2D eigenvalue weighted by Crippen LogP contribution is -2.39. The minimum Gasteiger partial charge on any atom is -0.341 e. The molecule has 1 aromatic rings. The first-order valence-electron chi connectivity index (χ1n) is 7.55. The van der Waals surface area contributed by atoms with Crippen LogP contribution < -0.4 is 9.80 Å². The molecule has 20 heavy (non-hydrogen) atoms. The molecule has 110 valence electrons. The lowest BCUT2D eigenvalue weighted by atomic mass is 9.89. The molecule has 2 aliphatic rings. The van der Waals surface area contributed by atoms with Crippen molar-refractivity contribution < 1.29 is 0 Å². The van der Waals surface area contributed by atoms with Gasteiger partial charge in [0.1, 0.15) is 0 Å². The molecule has 2 saturated heterocycles. The fourth-order valence-electron chi connectivity index (χ4n) is 2.97. The smallest absolute Gasteiger partial charge is 0.231 e. The van der Waals surface area contributed by atoms with Crippen molar-refractivity contribution in [3.8, 4) is 0 Å². The molecular weight excluding hydrogens is 274 g/mol. The SMILES string of the molecule is CC1CCN(c2nc(Cl)nc(N3CCCC3)n2)CC1C. The van der Waals surface area contributed by atoms with Crippen LogP contribution >= 0.6 is 11.6 Å². The third-order valence-corrected chi connectivity index (χ3v) is 4.76. The zero-order chi connectivity index (χ0) is 14.1. The normalized spacial score (nSPS) is 27.1. The Balaban J connectivity index is 1.82. The standard InChI is InChI=1S/C14H22ClN5/c1-10-5-8-20(9-11(10)2)14-17-12(15)16-13(18-14)19-6-3-4-7-19/h10-11H,3-9H2,1-2H3. The summed E-state index contributed by atoms with van der Waals surface area (Å²) < 4.78 is 0. The topological polar surface area (TPSA) is 45.2 Å². The van der Waals surface area contributed by atoms with Gasteiger partial charge in [0.2, 0.25) is 17.2 Å². The number of rotatable bonds is 2. The van der Waals surface area contributed by atoms with Crippen LogP contribution in [0.25, 0.3) is 0 Å². The summed E-state index contributed by atoms with van der Waals surface area (Å²) in [6, 6.07) is 0. The predicted molar refractivity (Wildman–Crippen MR) is 81.4 cm³/mol. The van der Waals surface area contributed by atoms with Gasteiger partial charge in [0.15, 0.2) is 0 Å². The molecule has 0 radical (unpaired) electrons. The maximum atomic E-state index is 6.10. The first-order valence-corrected chi connectivity index (χ1v) is 7.93. The highest BCUT2D eigenvalue weighted by molar-refractivity contribution is 6.28.